The highest BCUT2D eigenvalue weighted by molar-refractivity contribution is 9.10. The topological polar surface area (TPSA) is 70.1 Å². The molecule has 2 N–H and O–H groups in total. The predicted molar refractivity (Wildman–Crippen MR) is 79.5 cm³/mol. The van der Waals surface area contributed by atoms with Gasteiger partial charge in [0, 0.05) is 35.3 Å². The number of rotatable bonds is 5. The standard InChI is InChI=1S/C14H16BrN3O2/c1-18-8-10(7-17-18)14(16)12(19)6-9-5-11(15)3-4-13(9)20-2/h3-5,7-8,14H,6,16H2,1-2H3. The Morgan fingerprint density at radius 2 is 2.30 bits per heavy atom. The normalized spacial score (nSPS) is 12.2. The van der Waals surface area contributed by atoms with Gasteiger partial charge in [-0.2, -0.15) is 5.10 Å². The first-order valence-electron chi connectivity index (χ1n) is 6.10. The molecule has 0 aliphatic rings. The number of nitrogens with two attached hydrogens (primary N) is 1. The number of aryl methyl sites for hydroxylation is 1. The maximum Gasteiger partial charge on any atom is 0.158 e. The summed E-state index contributed by atoms with van der Waals surface area (Å²) in [5.74, 6) is 0.606. The van der Waals surface area contributed by atoms with Gasteiger partial charge < -0.3 is 10.5 Å². The van der Waals surface area contributed by atoms with E-state index in [-0.39, 0.29) is 12.2 Å². The summed E-state index contributed by atoms with van der Waals surface area (Å²) in [6.07, 6.45) is 3.58. The van der Waals surface area contributed by atoms with Gasteiger partial charge in [-0.15, -0.1) is 0 Å². The van der Waals surface area contributed by atoms with E-state index in [1.165, 1.54) is 0 Å². The number of nitrogens with zero attached hydrogens (tertiary/aromatic N) is 2. The van der Waals surface area contributed by atoms with E-state index >= 15 is 0 Å². The van der Waals surface area contributed by atoms with Crippen molar-refractivity contribution in [2.24, 2.45) is 12.8 Å². The van der Waals surface area contributed by atoms with E-state index in [1.54, 1.807) is 31.2 Å². The third-order valence-corrected chi connectivity index (χ3v) is 3.53. The van der Waals surface area contributed by atoms with Crippen LogP contribution in [0.25, 0.3) is 0 Å². The quantitative estimate of drug-likeness (QED) is 0.905. The molecule has 0 aliphatic heterocycles. The second-order valence-corrected chi connectivity index (χ2v) is 5.44. The van der Waals surface area contributed by atoms with Crippen molar-refractivity contribution in [3.63, 3.8) is 0 Å². The van der Waals surface area contributed by atoms with Crippen LogP contribution >= 0.6 is 15.9 Å². The number of benzene rings is 1. The van der Waals surface area contributed by atoms with Crippen molar-refractivity contribution >= 4 is 21.7 Å². The van der Waals surface area contributed by atoms with Crippen molar-refractivity contribution in [1.82, 2.24) is 9.78 Å². The van der Waals surface area contributed by atoms with E-state index in [4.69, 9.17) is 10.5 Å². The number of Topliss-reactive ketones (excluding diaryl/α,β-unsaturated/α-hetero) is 1. The SMILES string of the molecule is COc1ccc(Br)cc1CC(=O)C(N)c1cnn(C)c1. The second-order valence-electron chi connectivity index (χ2n) is 4.52. The van der Waals surface area contributed by atoms with Gasteiger partial charge in [0.05, 0.1) is 19.3 Å². The van der Waals surface area contributed by atoms with Crippen LogP contribution < -0.4 is 10.5 Å². The summed E-state index contributed by atoms with van der Waals surface area (Å²) in [4.78, 5) is 12.3. The summed E-state index contributed by atoms with van der Waals surface area (Å²) >= 11 is 3.39. The number of ether oxygens (including phenoxy) is 1. The molecule has 1 aromatic carbocycles. The van der Waals surface area contributed by atoms with Crippen LogP contribution in [-0.2, 0) is 18.3 Å². The van der Waals surface area contributed by atoms with Crippen LogP contribution in [0.4, 0.5) is 0 Å². The average Bonchev–Trinajstić information content (AvgIpc) is 2.84. The molecule has 1 heterocycles. The van der Waals surface area contributed by atoms with Gasteiger partial charge >= 0.3 is 0 Å². The zero-order valence-corrected chi connectivity index (χ0v) is 12.9. The lowest BCUT2D eigenvalue weighted by Crippen LogP contribution is -2.23. The van der Waals surface area contributed by atoms with E-state index in [0.29, 0.717) is 11.3 Å². The Kier molecular flexibility index (Phi) is 4.57. The highest BCUT2D eigenvalue weighted by atomic mass is 79.9. The molecule has 0 radical (unpaired) electrons. The third kappa shape index (κ3) is 3.26. The van der Waals surface area contributed by atoms with Crippen molar-refractivity contribution in [1.29, 1.82) is 0 Å². The molecule has 106 valence electrons. The number of methoxy groups -OCH3 is 1. The Hall–Kier alpha value is -1.66. The van der Waals surface area contributed by atoms with Crippen LogP contribution in [0.1, 0.15) is 17.2 Å². The zero-order valence-electron chi connectivity index (χ0n) is 11.3. The molecule has 2 aromatic rings. The van der Waals surface area contributed by atoms with Crippen molar-refractivity contribution < 1.29 is 9.53 Å². The van der Waals surface area contributed by atoms with Gasteiger partial charge in [-0.3, -0.25) is 9.48 Å². The van der Waals surface area contributed by atoms with Gasteiger partial charge in [0.1, 0.15) is 5.75 Å². The maximum absolute atomic E-state index is 12.3. The maximum atomic E-state index is 12.3. The van der Waals surface area contributed by atoms with Crippen molar-refractivity contribution in [3.8, 4) is 5.75 Å². The summed E-state index contributed by atoms with van der Waals surface area (Å²) in [6, 6.07) is 4.88. The summed E-state index contributed by atoms with van der Waals surface area (Å²) < 4.78 is 7.79. The van der Waals surface area contributed by atoms with Crippen LogP contribution in [0.2, 0.25) is 0 Å². The fraction of sp³-hybridized carbons (Fsp3) is 0.286. The largest absolute Gasteiger partial charge is 0.496 e. The first-order valence-corrected chi connectivity index (χ1v) is 6.90. The molecule has 1 unspecified atom stereocenters. The number of ketones is 1. The predicted octanol–water partition coefficient (Wildman–Crippen LogP) is 2.00. The van der Waals surface area contributed by atoms with E-state index < -0.39 is 6.04 Å². The van der Waals surface area contributed by atoms with Gasteiger partial charge in [-0.1, -0.05) is 15.9 Å². The van der Waals surface area contributed by atoms with E-state index in [2.05, 4.69) is 21.0 Å². The molecule has 1 aromatic heterocycles. The molecule has 0 saturated heterocycles. The molecule has 1 atom stereocenters. The second kappa shape index (κ2) is 6.19. The molecule has 0 amide bonds. The minimum atomic E-state index is -0.674. The lowest BCUT2D eigenvalue weighted by atomic mass is 10.00. The summed E-state index contributed by atoms with van der Waals surface area (Å²) in [5.41, 5.74) is 7.50. The number of carbonyl (C=O) groups is 1. The van der Waals surface area contributed by atoms with Gasteiger partial charge in [0.25, 0.3) is 0 Å². The van der Waals surface area contributed by atoms with Gasteiger partial charge in [0.15, 0.2) is 5.78 Å². The number of hydrogen-bond acceptors (Lipinski definition) is 4. The van der Waals surface area contributed by atoms with E-state index in [0.717, 1.165) is 10.0 Å². The van der Waals surface area contributed by atoms with Crippen molar-refractivity contribution in [2.45, 2.75) is 12.5 Å². The van der Waals surface area contributed by atoms with Crippen LogP contribution in [0, 0.1) is 0 Å². The summed E-state index contributed by atoms with van der Waals surface area (Å²) in [6.45, 7) is 0. The van der Waals surface area contributed by atoms with Crippen molar-refractivity contribution in [2.75, 3.05) is 7.11 Å². The molecule has 0 saturated carbocycles. The molecule has 2 rings (SSSR count). The Morgan fingerprint density at radius 1 is 1.55 bits per heavy atom. The Labute approximate surface area is 125 Å². The molecule has 20 heavy (non-hydrogen) atoms. The van der Waals surface area contributed by atoms with Crippen LogP contribution in [0.5, 0.6) is 5.75 Å². The monoisotopic (exact) mass is 337 g/mol. The Balaban J connectivity index is 2.17. The van der Waals surface area contributed by atoms with Crippen LogP contribution in [0.15, 0.2) is 35.1 Å². The molecule has 5 nitrogen and oxygen atoms in total. The molecular weight excluding hydrogens is 322 g/mol. The molecule has 0 fully saturated rings. The van der Waals surface area contributed by atoms with E-state index in [1.807, 2.05) is 18.2 Å². The molecule has 0 spiro atoms. The minimum Gasteiger partial charge on any atom is -0.496 e. The summed E-state index contributed by atoms with van der Waals surface area (Å²) in [5, 5.41) is 4.03. The molecule has 0 bridgehead atoms. The number of aromatic nitrogens is 2. The fourth-order valence-electron chi connectivity index (χ4n) is 1.97. The first kappa shape index (κ1) is 14.7. The van der Waals surface area contributed by atoms with Crippen LogP contribution in [-0.4, -0.2) is 22.7 Å². The number of hydrogen-bond donors (Lipinski definition) is 1. The fourth-order valence-corrected chi connectivity index (χ4v) is 2.38. The van der Waals surface area contributed by atoms with Gasteiger partial charge in [0.2, 0.25) is 0 Å². The minimum absolute atomic E-state index is 0.0746. The lowest BCUT2D eigenvalue weighted by molar-refractivity contribution is -0.119. The molecular formula is C14H16BrN3O2. The third-order valence-electron chi connectivity index (χ3n) is 3.04. The zero-order chi connectivity index (χ0) is 14.7. The smallest absolute Gasteiger partial charge is 0.158 e. The van der Waals surface area contributed by atoms with Crippen molar-refractivity contribution in [3.05, 3.63) is 46.2 Å². The summed E-state index contributed by atoms with van der Waals surface area (Å²) in [7, 11) is 3.37. The molecule has 0 aliphatic carbocycles. The highest BCUT2D eigenvalue weighted by Crippen LogP contribution is 2.25. The van der Waals surface area contributed by atoms with Gasteiger partial charge in [-0.05, 0) is 18.2 Å². The Morgan fingerprint density at radius 3 is 2.90 bits per heavy atom. The first-order chi connectivity index (χ1) is 9.51. The number of halogens is 1. The average molecular weight is 338 g/mol. The van der Waals surface area contributed by atoms with E-state index in [9.17, 15) is 4.79 Å². The number of carbonyl (C=O) groups excluding carboxylic acids is 1. The molecule has 6 heteroatoms. The highest BCUT2D eigenvalue weighted by Gasteiger charge is 2.19. The Bertz CT molecular complexity index is 625. The lowest BCUT2D eigenvalue weighted by Gasteiger charge is -2.11. The van der Waals surface area contributed by atoms with Crippen LogP contribution in [0.3, 0.4) is 0 Å². The van der Waals surface area contributed by atoms with Gasteiger partial charge in [-0.25, -0.2) is 0 Å².